The lowest BCUT2D eigenvalue weighted by atomic mass is 9.91. The molecule has 0 bridgehead atoms. The van der Waals surface area contributed by atoms with Crippen LogP contribution in [-0.4, -0.2) is 52.5 Å². The lowest BCUT2D eigenvalue weighted by Crippen LogP contribution is -2.44. The Labute approximate surface area is 143 Å². The number of amides is 2. The highest BCUT2D eigenvalue weighted by molar-refractivity contribution is 5.89. The Hall–Kier alpha value is -1.88. The third-order valence-corrected chi connectivity index (χ3v) is 5.31. The van der Waals surface area contributed by atoms with Crippen LogP contribution in [0.4, 0.5) is 0 Å². The van der Waals surface area contributed by atoms with Gasteiger partial charge in [-0.25, -0.2) is 0 Å². The van der Waals surface area contributed by atoms with Crippen molar-refractivity contribution in [2.75, 3.05) is 19.6 Å². The first-order valence-electron chi connectivity index (χ1n) is 8.83. The second kappa shape index (κ2) is 7.34. The van der Waals surface area contributed by atoms with Crippen molar-refractivity contribution in [3.05, 3.63) is 35.9 Å². The molecule has 2 amide bonds. The second-order valence-electron chi connectivity index (χ2n) is 7.06. The van der Waals surface area contributed by atoms with E-state index >= 15 is 0 Å². The molecule has 2 aliphatic heterocycles. The molecule has 2 saturated heterocycles. The Morgan fingerprint density at radius 2 is 1.92 bits per heavy atom. The largest absolute Gasteiger partial charge is 0.393 e. The summed E-state index contributed by atoms with van der Waals surface area (Å²) < 4.78 is 0. The summed E-state index contributed by atoms with van der Waals surface area (Å²) in [6, 6.07) is 9.89. The van der Waals surface area contributed by atoms with E-state index in [0.717, 1.165) is 18.4 Å². The first-order valence-corrected chi connectivity index (χ1v) is 8.83. The maximum Gasteiger partial charge on any atom is 0.227 e. The van der Waals surface area contributed by atoms with Gasteiger partial charge in [-0.3, -0.25) is 9.59 Å². The molecule has 0 radical (unpaired) electrons. The number of aliphatic hydroxyl groups excluding tert-OH is 1. The third kappa shape index (κ3) is 3.78. The number of benzene rings is 1. The van der Waals surface area contributed by atoms with E-state index in [-0.39, 0.29) is 29.8 Å². The van der Waals surface area contributed by atoms with Crippen molar-refractivity contribution in [1.82, 2.24) is 9.80 Å². The van der Waals surface area contributed by atoms with Gasteiger partial charge >= 0.3 is 0 Å². The predicted octanol–water partition coefficient (Wildman–Crippen LogP) is 1.65. The number of likely N-dealkylation sites (tertiary alicyclic amines) is 2. The number of nitrogens with zero attached hydrogens (tertiary/aromatic N) is 2. The van der Waals surface area contributed by atoms with E-state index in [2.05, 4.69) is 0 Å². The monoisotopic (exact) mass is 330 g/mol. The number of carbonyl (C=O) groups excluding carboxylic acids is 2. The van der Waals surface area contributed by atoms with E-state index in [4.69, 9.17) is 0 Å². The lowest BCUT2D eigenvalue weighted by molar-refractivity contribution is -0.137. The molecule has 0 saturated carbocycles. The Balaban J connectivity index is 1.54. The van der Waals surface area contributed by atoms with Gasteiger partial charge in [0.05, 0.1) is 12.0 Å². The molecule has 5 nitrogen and oxygen atoms in total. The molecule has 130 valence electrons. The summed E-state index contributed by atoms with van der Waals surface area (Å²) in [5, 5.41) is 9.67. The Bertz CT molecular complexity index is 580. The van der Waals surface area contributed by atoms with Gasteiger partial charge in [0.2, 0.25) is 11.8 Å². The fourth-order valence-electron chi connectivity index (χ4n) is 3.75. The zero-order chi connectivity index (χ0) is 17.1. The van der Waals surface area contributed by atoms with Gasteiger partial charge in [-0.2, -0.15) is 0 Å². The molecule has 2 aliphatic rings. The zero-order valence-corrected chi connectivity index (χ0v) is 14.2. The summed E-state index contributed by atoms with van der Waals surface area (Å²) >= 11 is 0. The van der Waals surface area contributed by atoms with Crippen LogP contribution in [0.5, 0.6) is 0 Å². The molecular weight excluding hydrogens is 304 g/mol. The van der Waals surface area contributed by atoms with Crippen molar-refractivity contribution >= 4 is 11.8 Å². The van der Waals surface area contributed by atoms with Crippen molar-refractivity contribution < 1.29 is 14.7 Å². The minimum atomic E-state index is -0.309. The van der Waals surface area contributed by atoms with Gasteiger partial charge in [-0.15, -0.1) is 0 Å². The average Bonchev–Trinajstić information content (AvgIpc) is 2.96. The molecule has 0 spiro atoms. The summed E-state index contributed by atoms with van der Waals surface area (Å²) in [5.41, 5.74) is 1.09. The summed E-state index contributed by atoms with van der Waals surface area (Å²) in [6.45, 7) is 4.30. The normalized spacial score (nSPS) is 23.6. The molecule has 1 aromatic rings. The molecule has 0 aliphatic carbocycles. The molecule has 2 heterocycles. The van der Waals surface area contributed by atoms with Gasteiger partial charge in [-0.1, -0.05) is 30.3 Å². The van der Waals surface area contributed by atoms with Crippen LogP contribution in [0.1, 0.15) is 31.7 Å². The van der Waals surface area contributed by atoms with Crippen molar-refractivity contribution in [2.24, 2.45) is 11.8 Å². The molecular formula is C19H26N2O3. The summed E-state index contributed by atoms with van der Waals surface area (Å²) in [5.74, 6) is 0.233. The Kier molecular flexibility index (Phi) is 5.19. The van der Waals surface area contributed by atoms with E-state index in [1.807, 2.05) is 42.2 Å². The molecule has 2 unspecified atom stereocenters. The van der Waals surface area contributed by atoms with Crippen LogP contribution in [-0.2, 0) is 16.1 Å². The van der Waals surface area contributed by atoms with Crippen LogP contribution in [0.2, 0.25) is 0 Å². The smallest absolute Gasteiger partial charge is 0.227 e. The van der Waals surface area contributed by atoms with Gasteiger partial charge in [0.25, 0.3) is 0 Å². The predicted molar refractivity (Wildman–Crippen MR) is 91.0 cm³/mol. The summed E-state index contributed by atoms with van der Waals surface area (Å²) in [4.78, 5) is 28.6. The first-order chi connectivity index (χ1) is 11.5. The summed E-state index contributed by atoms with van der Waals surface area (Å²) in [7, 11) is 0. The van der Waals surface area contributed by atoms with Crippen molar-refractivity contribution in [3.63, 3.8) is 0 Å². The summed E-state index contributed by atoms with van der Waals surface area (Å²) in [6.07, 6.45) is 1.70. The molecule has 5 heteroatoms. The zero-order valence-electron chi connectivity index (χ0n) is 14.2. The number of hydrogen-bond donors (Lipinski definition) is 1. The van der Waals surface area contributed by atoms with Crippen LogP contribution in [0.25, 0.3) is 0 Å². The second-order valence-corrected chi connectivity index (χ2v) is 7.06. The Morgan fingerprint density at radius 3 is 2.54 bits per heavy atom. The molecule has 24 heavy (non-hydrogen) atoms. The van der Waals surface area contributed by atoms with Crippen molar-refractivity contribution in [1.29, 1.82) is 0 Å². The van der Waals surface area contributed by atoms with Crippen LogP contribution in [0.15, 0.2) is 30.3 Å². The molecule has 1 aromatic carbocycles. The van der Waals surface area contributed by atoms with Gasteiger partial charge in [0.1, 0.15) is 0 Å². The first kappa shape index (κ1) is 17.0. The van der Waals surface area contributed by atoms with E-state index in [9.17, 15) is 14.7 Å². The Morgan fingerprint density at radius 1 is 1.25 bits per heavy atom. The molecule has 1 N–H and O–H groups in total. The number of aliphatic hydroxyl groups is 1. The molecule has 3 rings (SSSR count). The van der Waals surface area contributed by atoms with Crippen LogP contribution in [0.3, 0.4) is 0 Å². The van der Waals surface area contributed by atoms with Crippen molar-refractivity contribution in [2.45, 2.75) is 38.8 Å². The van der Waals surface area contributed by atoms with Crippen LogP contribution < -0.4 is 0 Å². The van der Waals surface area contributed by atoms with Gasteiger partial charge in [0.15, 0.2) is 0 Å². The van der Waals surface area contributed by atoms with Crippen molar-refractivity contribution in [3.8, 4) is 0 Å². The topological polar surface area (TPSA) is 60.9 Å². The van der Waals surface area contributed by atoms with Gasteiger partial charge in [0, 0.05) is 32.6 Å². The highest BCUT2D eigenvalue weighted by Crippen LogP contribution is 2.26. The van der Waals surface area contributed by atoms with E-state index in [1.165, 1.54) is 0 Å². The van der Waals surface area contributed by atoms with E-state index in [0.29, 0.717) is 32.6 Å². The number of hydrogen-bond acceptors (Lipinski definition) is 3. The number of piperidine rings is 1. The molecule has 2 atom stereocenters. The maximum atomic E-state index is 12.7. The van der Waals surface area contributed by atoms with Gasteiger partial charge < -0.3 is 14.9 Å². The number of rotatable bonds is 4. The van der Waals surface area contributed by atoms with Gasteiger partial charge in [-0.05, 0) is 31.2 Å². The fourth-order valence-corrected chi connectivity index (χ4v) is 3.75. The maximum absolute atomic E-state index is 12.7. The van der Waals surface area contributed by atoms with Crippen LogP contribution >= 0.6 is 0 Å². The quantitative estimate of drug-likeness (QED) is 0.913. The van der Waals surface area contributed by atoms with E-state index < -0.39 is 0 Å². The minimum absolute atomic E-state index is 0.0658. The minimum Gasteiger partial charge on any atom is -0.393 e. The third-order valence-electron chi connectivity index (χ3n) is 5.31. The SMILES string of the molecule is CC(O)C1CCN(C(=O)C2CC(=O)N(Cc3ccccc3)C2)CC1. The van der Waals surface area contributed by atoms with E-state index in [1.54, 1.807) is 4.90 Å². The average molecular weight is 330 g/mol. The standard InChI is InChI=1S/C19H26N2O3/c1-14(22)16-7-9-20(10-8-16)19(24)17-11-18(23)21(13-17)12-15-5-3-2-4-6-15/h2-6,14,16-17,22H,7-13H2,1H3. The lowest BCUT2D eigenvalue weighted by Gasteiger charge is -2.34. The fraction of sp³-hybridized carbons (Fsp3) is 0.579. The number of carbonyl (C=O) groups is 2. The highest BCUT2D eigenvalue weighted by Gasteiger charge is 2.37. The highest BCUT2D eigenvalue weighted by atomic mass is 16.3. The molecule has 2 fully saturated rings. The van der Waals surface area contributed by atoms with Crippen LogP contribution in [0, 0.1) is 11.8 Å². The molecule has 0 aromatic heterocycles.